The van der Waals surface area contributed by atoms with Gasteiger partial charge in [0.1, 0.15) is 5.82 Å². The summed E-state index contributed by atoms with van der Waals surface area (Å²) < 4.78 is 13.3. The predicted octanol–water partition coefficient (Wildman–Crippen LogP) is 1.33. The Bertz CT molecular complexity index is 399. The van der Waals surface area contributed by atoms with E-state index >= 15 is 0 Å². The number of hydrogen-bond acceptors (Lipinski definition) is 2. The van der Waals surface area contributed by atoms with Crippen molar-refractivity contribution in [3.63, 3.8) is 0 Å². The van der Waals surface area contributed by atoms with E-state index in [-0.39, 0.29) is 11.8 Å². The smallest absolute Gasteiger partial charge is 0.211 e. The van der Waals surface area contributed by atoms with Crippen LogP contribution >= 0.6 is 15.9 Å². The normalized spacial score (nSPS) is 10.5. The van der Waals surface area contributed by atoms with Gasteiger partial charge in [0.15, 0.2) is 0 Å². The molecular weight excluding hydrogens is 263 g/mol. The Labute approximate surface area is 95.0 Å². The van der Waals surface area contributed by atoms with Gasteiger partial charge in [-0.2, -0.15) is 5.10 Å². The fourth-order valence-corrected chi connectivity index (χ4v) is 1.26. The Hall–Kier alpha value is -1.43. The average molecular weight is 273 g/mol. The molecule has 0 unspecified atom stereocenters. The molecular formula is C9H10BrFN4. The summed E-state index contributed by atoms with van der Waals surface area (Å²) in [4.78, 5) is 0. The largest absolute Gasteiger partial charge is 0.369 e. The SMILES string of the molecule is NC(N)=NN=Cc1ccc(CBr)cc1F. The first-order valence-corrected chi connectivity index (χ1v) is 5.22. The molecule has 0 aliphatic rings. The van der Waals surface area contributed by atoms with Crippen molar-refractivity contribution in [1.29, 1.82) is 0 Å². The van der Waals surface area contributed by atoms with Gasteiger partial charge in [-0.25, -0.2) is 4.39 Å². The molecule has 0 saturated carbocycles. The van der Waals surface area contributed by atoms with Crippen LogP contribution in [0, 0.1) is 5.82 Å². The van der Waals surface area contributed by atoms with E-state index in [4.69, 9.17) is 11.5 Å². The summed E-state index contributed by atoms with van der Waals surface area (Å²) in [5, 5.41) is 7.49. The van der Waals surface area contributed by atoms with Crippen molar-refractivity contribution < 1.29 is 4.39 Å². The van der Waals surface area contributed by atoms with Crippen LogP contribution in [-0.4, -0.2) is 12.2 Å². The second-order valence-electron chi connectivity index (χ2n) is 2.76. The van der Waals surface area contributed by atoms with E-state index in [2.05, 4.69) is 26.1 Å². The van der Waals surface area contributed by atoms with Crippen LogP contribution in [0.5, 0.6) is 0 Å². The summed E-state index contributed by atoms with van der Waals surface area (Å²) in [6.07, 6.45) is 1.26. The molecule has 0 spiro atoms. The minimum absolute atomic E-state index is 0.163. The Morgan fingerprint density at radius 3 is 2.73 bits per heavy atom. The number of nitrogens with zero attached hydrogens (tertiary/aromatic N) is 2. The third kappa shape index (κ3) is 3.67. The van der Waals surface area contributed by atoms with Crippen molar-refractivity contribution in [3.05, 3.63) is 35.1 Å². The fraction of sp³-hybridized carbons (Fsp3) is 0.111. The predicted molar refractivity (Wildman–Crippen MR) is 62.4 cm³/mol. The molecule has 1 aromatic rings. The molecule has 0 aliphatic carbocycles. The average Bonchev–Trinajstić information content (AvgIpc) is 2.20. The van der Waals surface area contributed by atoms with E-state index in [0.717, 1.165) is 5.56 Å². The van der Waals surface area contributed by atoms with Crippen LogP contribution < -0.4 is 11.5 Å². The molecule has 0 bridgehead atoms. The van der Waals surface area contributed by atoms with E-state index < -0.39 is 0 Å². The van der Waals surface area contributed by atoms with Crippen LogP contribution in [0.1, 0.15) is 11.1 Å². The number of halogens is 2. The molecule has 6 heteroatoms. The van der Waals surface area contributed by atoms with Gasteiger partial charge in [-0.05, 0) is 11.6 Å². The van der Waals surface area contributed by atoms with E-state index in [0.29, 0.717) is 10.9 Å². The van der Waals surface area contributed by atoms with Crippen LogP contribution in [0.3, 0.4) is 0 Å². The zero-order chi connectivity index (χ0) is 11.3. The highest BCUT2D eigenvalue weighted by Crippen LogP contribution is 2.11. The Balaban J connectivity index is 2.87. The molecule has 1 aromatic carbocycles. The summed E-state index contributed by atoms with van der Waals surface area (Å²) >= 11 is 3.23. The summed E-state index contributed by atoms with van der Waals surface area (Å²) in [5.41, 5.74) is 11.3. The number of alkyl halides is 1. The molecule has 0 heterocycles. The molecule has 0 amide bonds. The molecule has 1 rings (SSSR count). The molecule has 0 fully saturated rings. The third-order valence-electron chi connectivity index (χ3n) is 1.59. The molecule has 0 atom stereocenters. The molecule has 15 heavy (non-hydrogen) atoms. The third-order valence-corrected chi connectivity index (χ3v) is 2.24. The van der Waals surface area contributed by atoms with E-state index in [1.165, 1.54) is 12.3 Å². The maximum absolute atomic E-state index is 13.3. The summed E-state index contributed by atoms with van der Waals surface area (Å²) in [5.74, 6) is -0.523. The van der Waals surface area contributed by atoms with Gasteiger partial charge in [-0.1, -0.05) is 28.1 Å². The highest BCUT2D eigenvalue weighted by Gasteiger charge is 2.00. The van der Waals surface area contributed by atoms with Crippen molar-refractivity contribution in [2.24, 2.45) is 21.7 Å². The van der Waals surface area contributed by atoms with E-state index in [1.54, 1.807) is 12.1 Å². The number of hydrogen-bond donors (Lipinski definition) is 2. The second-order valence-corrected chi connectivity index (χ2v) is 3.32. The van der Waals surface area contributed by atoms with Crippen molar-refractivity contribution >= 4 is 28.1 Å². The van der Waals surface area contributed by atoms with Crippen molar-refractivity contribution in [2.45, 2.75) is 5.33 Å². The summed E-state index contributed by atoms with van der Waals surface area (Å²) in [6.45, 7) is 0. The van der Waals surface area contributed by atoms with Crippen LogP contribution in [0.4, 0.5) is 4.39 Å². The first-order chi connectivity index (χ1) is 7.13. The van der Waals surface area contributed by atoms with Crippen molar-refractivity contribution in [2.75, 3.05) is 0 Å². The Kier molecular flexibility index (Phi) is 4.23. The summed E-state index contributed by atoms with van der Waals surface area (Å²) in [6, 6.07) is 4.82. The molecule has 80 valence electrons. The first kappa shape index (κ1) is 11.6. The second kappa shape index (κ2) is 5.45. The molecule has 0 aromatic heterocycles. The van der Waals surface area contributed by atoms with Gasteiger partial charge in [0, 0.05) is 10.9 Å². The topological polar surface area (TPSA) is 76.8 Å². The fourth-order valence-electron chi connectivity index (χ4n) is 0.916. The highest BCUT2D eigenvalue weighted by molar-refractivity contribution is 9.08. The van der Waals surface area contributed by atoms with Crippen molar-refractivity contribution in [1.82, 2.24) is 0 Å². The van der Waals surface area contributed by atoms with E-state index in [1.807, 2.05) is 0 Å². The van der Waals surface area contributed by atoms with Gasteiger partial charge in [0.05, 0.1) is 6.21 Å². The maximum atomic E-state index is 13.3. The van der Waals surface area contributed by atoms with E-state index in [9.17, 15) is 4.39 Å². The monoisotopic (exact) mass is 272 g/mol. The standard InChI is InChI=1S/C9H10BrFN4/c10-4-6-1-2-7(8(11)3-6)5-14-15-9(12)13/h1-3,5H,4H2,(H4,12,13,15). The lowest BCUT2D eigenvalue weighted by molar-refractivity contribution is 0.624. The van der Waals surface area contributed by atoms with Crippen LogP contribution in [0.2, 0.25) is 0 Å². The lowest BCUT2D eigenvalue weighted by Gasteiger charge is -1.98. The molecule has 4 nitrogen and oxygen atoms in total. The Morgan fingerprint density at radius 1 is 1.47 bits per heavy atom. The molecule has 0 saturated heterocycles. The van der Waals surface area contributed by atoms with Gasteiger partial charge in [-0.3, -0.25) is 0 Å². The number of rotatable bonds is 3. The number of benzene rings is 1. The Morgan fingerprint density at radius 2 is 2.20 bits per heavy atom. The maximum Gasteiger partial charge on any atom is 0.211 e. The van der Waals surface area contributed by atoms with Gasteiger partial charge >= 0.3 is 0 Å². The quantitative estimate of drug-likeness (QED) is 0.377. The lowest BCUT2D eigenvalue weighted by Crippen LogP contribution is -2.21. The zero-order valence-corrected chi connectivity index (χ0v) is 9.41. The molecule has 0 radical (unpaired) electrons. The molecule has 0 aliphatic heterocycles. The summed E-state index contributed by atoms with van der Waals surface area (Å²) in [7, 11) is 0. The van der Waals surface area contributed by atoms with Crippen molar-refractivity contribution in [3.8, 4) is 0 Å². The number of guanidine groups is 1. The van der Waals surface area contributed by atoms with Crippen LogP contribution in [0.25, 0.3) is 0 Å². The lowest BCUT2D eigenvalue weighted by atomic mass is 10.1. The minimum atomic E-state index is -0.360. The zero-order valence-electron chi connectivity index (χ0n) is 7.82. The number of nitrogens with two attached hydrogens (primary N) is 2. The highest BCUT2D eigenvalue weighted by atomic mass is 79.9. The molecule has 4 N–H and O–H groups in total. The minimum Gasteiger partial charge on any atom is -0.369 e. The van der Waals surface area contributed by atoms with Gasteiger partial charge in [0.25, 0.3) is 0 Å². The van der Waals surface area contributed by atoms with Gasteiger partial charge in [0.2, 0.25) is 5.96 Å². The van der Waals surface area contributed by atoms with Gasteiger partial charge in [-0.15, -0.1) is 5.10 Å². The van der Waals surface area contributed by atoms with Gasteiger partial charge < -0.3 is 11.5 Å². The first-order valence-electron chi connectivity index (χ1n) is 4.10. The van der Waals surface area contributed by atoms with Crippen LogP contribution in [0.15, 0.2) is 28.4 Å². The van der Waals surface area contributed by atoms with Crippen LogP contribution in [-0.2, 0) is 5.33 Å².